The summed E-state index contributed by atoms with van der Waals surface area (Å²) in [6.07, 6.45) is -0.495. The SMILES string of the molecule is COc1cccc(C(O)CN(C)C(C)C(C)(C)C)c1. The zero-order valence-electron chi connectivity index (χ0n) is 13.0. The van der Waals surface area contributed by atoms with E-state index in [9.17, 15) is 5.11 Å². The van der Waals surface area contributed by atoms with Crippen LogP contribution in [0, 0.1) is 5.41 Å². The molecule has 1 rings (SSSR count). The van der Waals surface area contributed by atoms with Gasteiger partial charge in [0, 0.05) is 12.6 Å². The lowest BCUT2D eigenvalue weighted by molar-refractivity contribution is 0.0714. The number of benzene rings is 1. The average molecular weight is 265 g/mol. The Hall–Kier alpha value is -1.06. The Labute approximate surface area is 117 Å². The van der Waals surface area contributed by atoms with Crippen LogP contribution in [-0.4, -0.2) is 36.8 Å². The van der Waals surface area contributed by atoms with Crippen molar-refractivity contribution in [1.29, 1.82) is 0 Å². The zero-order valence-corrected chi connectivity index (χ0v) is 13.0. The van der Waals surface area contributed by atoms with Crippen LogP contribution in [-0.2, 0) is 0 Å². The molecular weight excluding hydrogens is 238 g/mol. The van der Waals surface area contributed by atoms with Gasteiger partial charge in [0.2, 0.25) is 0 Å². The maximum absolute atomic E-state index is 10.3. The summed E-state index contributed by atoms with van der Waals surface area (Å²) < 4.78 is 5.19. The first-order chi connectivity index (χ1) is 8.75. The zero-order chi connectivity index (χ0) is 14.6. The van der Waals surface area contributed by atoms with E-state index in [0.717, 1.165) is 11.3 Å². The van der Waals surface area contributed by atoms with Gasteiger partial charge in [-0.25, -0.2) is 0 Å². The lowest BCUT2D eigenvalue weighted by atomic mass is 9.87. The van der Waals surface area contributed by atoms with Gasteiger partial charge in [-0.1, -0.05) is 32.9 Å². The van der Waals surface area contributed by atoms with Crippen molar-refractivity contribution in [2.75, 3.05) is 20.7 Å². The first kappa shape index (κ1) is 16.0. The summed E-state index contributed by atoms with van der Waals surface area (Å²) in [5, 5.41) is 10.3. The van der Waals surface area contributed by atoms with Gasteiger partial charge in [0.15, 0.2) is 0 Å². The molecule has 108 valence electrons. The van der Waals surface area contributed by atoms with Gasteiger partial charge in [0.1, 0.15) is 5.75 Å². The number of hydrogen-bond donors (Lipinski definition) is 1. The van der Waals surface area contributed by atoms with Crippen LogP contribution in [0.1, 0.15) is 39.4 Å². The minimum absolute atomic E-state index is 0.197. The third-order valence-corrected chi connectivity index (χ3v) is 3.85. The topological polar surface area (TPSA) is 32.7 Å². The Morgan fingerprint density at radius 1 is 1.32 bits per heavy atom. The van der Waals surface area contributed by atoms with Crippen molar-refractivity contribution in [3.63, 3.8) is 0 Å². The lowest BCUT2D eigenvalue weighted by Crippen LogP contribution is -2.41. The number of aliphatic hydroxyl groups excluding tert-OH is 1. The highest BCUT2D eigenvalue weighted by atomic mass is 16.5. The largest absolute Gasteiger partial charge is 0.497 e. The molecule has 0 heterocycles. The maximum atomic E-state index is 10.3. The summed E-state index contributed by atoms with van der Waals surface area (Å²) in [5.74, 6) is 0.781. The smallest absolute Gasteiger partial charge is 0.119 e. The summed E-state index contributed by atoms with van der Waals surface area (Å²) in [4.78, 5) is 2.20. The van der Waals surface area contributed by atoms with Crippen molar-refractivity contribution in [3.05, 3.63) is 29.8 Å². The first-order valence-electron chi connectivity index (χ1n) is 6.78. The quantitative estimate of drug-likeness (QED) is 0.888. The predicted octanol–water partition coefficient (Wildman–Crippen LogP) is 3.10. The minimum atomic E-state index is -0.495. The number of nitrogens with zero attached hydrogens (tertiary/aromatic N) is 1. The molecule has 1 N–H and O–H groups in total. The van der Waals surface area contributed by atoms with E-state index in [1.165, 1.54) is 0 Å². The molecule has 0 spiro atoms. The highest BCUT2D eigenvalue weighted by Gasteiger charge is 2.25. The Morgan fingerprint density at radius 2 is 1.95 bits per heavy atom. The second-order valence-corrected chi connectivity index (χ2v) is 6.27. The summed E-state index contributed by atoms with van der Waals surface area (Å²) >= 11 is 0. The van der Waals surface area contributed by atoms with Crippen LogP contribution in [0.25, 0.3) is 0 Å². The molecule has 2 unspecified atom stereocenters. The van der Waals surface area contributed by atoms with Crippen LogP contribution in [0.5, 0.6) is 5.75 Å². The molecule has 1 aromatic carbocycles. The number of hydrogen-bond acceptors (Lipinski definition) is 3. The highest BCUT2D eigenvalue weighted by molar-refractivity contribution is 5.29. The van der Waals surface area contributed by atoms with E-state index in [4.69, 9.17) is 4.74 Å². The van der Waals surface area contributed by atoms with Crippen LogP contribution >= 0.6 is 0 Å². The number of aliphatic hydroxyl groups is 1. The molecule has 0 fully saturated rings. The summed E-state index contributed by atoms with van der Waals surface area (Å²) in [5.41, 5.74) is 1.09. The number of methoxy groups -OCH3 is 1. The maximum Gasteiger partial charge on any atom is 0.119 e. The van der Waals surface area contributed by atoms with Gasteiger partial charge in [-0.15, -0.1) is 0 Å². The molecule has 3 heteroatoms. The van der Waals surface area contributed by atoms with E-state index in [0.29, 0.717) is 12.6 Å². The van der Waals surface area contributed by atoms with E-state index < -0.39 is 6.10 Å². The molecular formula is C16H27NO2. The third kappa shape index (κ3) is 4.51. The first-order valence-corrected chi connectivity index (χ1v) is 6.78. The van der Waals surface area contributed by atoms with Gasteiger partial charge in [0.05, 0.1) is 13.2 Å². The predicted molar refractivity (Wildman–Crippen MR) is 79.5 cm³/mol. The van der Waals surface area contributed by atoms with Crippen molar-refractivity contribution in [3.8, 4) is 5.75 Å². The average Bonchev–Trinajstić information content (AvgIpc) is 2.36. The van der Waals surface area contributed by atoms with Gasteiger partial charge in [0.25, 0.3) is 0 Å². The second kappa shape index (κ2) is 6.40. The molecule has 0 saturated heterocycles. The van der Waals surface area contributed by atoms with Crippen LogP contribution in [0.15, 0.2) is 24.3 Å². The third-order valence-electron chi connectivity index (χ3n) is 3.85. The molecule has 0 aliphatic carbocycles. The van der Waals surface area contributed by atoms with Gasteiger partial charge >= 0.3 is 0 Å². The fourth-order valence-electron chi connectivity index (χ4n) is 2.05. The Morgan fingerprint density at radius 3 is 2.47 bits per heavy atom. The van der Waals surface area contributed by atoms with E-state index in [1.54, 1.807) is 7.11 Å². The van der Waals surface area contributed by atoms with Crippen molar-refractivity contribution in [2.24, 2.45) is 5.41 Å². The van der Waals surface area contributed by atoms with Gasteiger partial charge in [-0.05, 0) is 37.1 Å². The van der Waals surface area contributed by atoms with Crippen LogP contribution < -0.4 is 4.74 Å². The van der Waals surface area contributed by atoms with Crippen molar-refractivity contribution >= 4 is 0 Å². The van der Waals surface area contributed by atoms with Gasteiger partial charge in [-0.2, -0.15) is 0 Å². The Kier molecular flexibility index (Phi) is 5.39. The number of rotatable bonds is 5. The van der Waals surface area contributed by atoms with E-state index >= 15 is 0 Å². The van der Waals surface area contributed by atoms with Crippen molar-refractivity contribution in [1.82, 2.24) is 4.90 Å². The van der Waals surface area contributed by atoms with Crippen LogP contribution in [0.3, 0.4) is 0 Å². The lowest BCUT2D eigenvalue weighted by Gasteiger charge is -2.36. The molecule has 0 amide bonds. The van der Waals surface area contributed by atoms with E-state index in [-0.39, 0.29) is 5.41 Å². The summed E-state index contributed by atoms with van der Waals surface area (Å²) in [7, 11) is 3.69. The van der Waals surface area contributed by atoms with Crippen LogP contribution in [0.4, 0.5) is 0 Å². The molecule has 19 heavy (non-hydrogen) atoms. The normalized spacial score (nSPS) is 15.4. The molecule has 0 saturated carbocycles. The van der Waals surface area contributed by atoms with Gasteiger partial charge in [-0.3, -0.25) is 0 Å². The number of likely N-dealkylation sites (N-methyl/N-ethyl adjacent to an activating group) is 1. The second-order valence-electron chi connectivity index (χ2n) is 6.27. The molecule has 0 aliphatic heterocycles. The molecule has 3 nitrogen and oxygen atoms in total. The van der Waals surface area contributed by atoms with Gasteiger partial charge < -0.3 is 14.7 Å². The van der Waals surface area contributed by atoms with Crippen molar-refractivity contribution in [2.45, 2.75) is 39.8 Å². The van der Waals surface area contributed by atoms with Crippen molar-refractivity contribution < 1.29 is 9.84 Å². The highest BCUT2D eigenvalue weighted by Crippen LogP contribution is 2.25. The van der Waals surface area contributed by atoms with Crippen LogP contribution in [0.2, 0.25) is 0 Å². The number of ether oxygens (including phenoxy) is 1. The fourth-order valence-corrected chi connectivity index (χ4v) is 2.05. The van der Waals surface area contributed by atoms with E-state index in [2.05, 4.69) is 39.6 Å². The summed E-state index contributed by atoms with van der Waals surface area (Å²) in [6, 6.07) is 8.01. The molecule has 0 aromatic heterocycles. The molecule has 0 bridgehead atoms. The Bertz CT molecular complexity index is 398. The monoisotopic (exact) mass is 265 g/mol. The minimum Gasteiger partial charge on any atom is -0.497 e. The standard InChI is InChI=1S/C16H27NO2/c1-12(16(2,3)4)17(5)11-15(18)13-8-7-9-14(10-13)19-6/h7-10,12,15,18H,11H2,1-6H3. The molecule has 1 aromatic rings. The molecule has 0 radical (unpaired) electrons. The summed E-state index contributed by atoms with van der Waals surface area (Å²) in [6.45, 7) is 9.45. The fraction of sp³-hybridized carbons (Fsp3) is 0.625. The van der Waals surface area contributed by atoms with E-state index in [1.807, 2.05) is 24.3 Å². The molecule has 0 aliphatic rings. The molecule has 2 atom stereocenters. The Balaban J connectivity index is 2.71.